The molecule has 82 valence electrons. The standard InChI is InChI=1S/C10H11ClFNOS/c11-7-2-1-6-9(8(7)12)15-4-3-10(6,13)5-14/h1-2,14H,3-5,13H2. The van der Waals surface area contributed by atoms with Crippen molar-refractivity contribution in [2.75, 3.05) is 12.4 Å². The number of benzene rings is 1. The lowest BCUT2D eigenvalue weighted by Crippen LogP contribution is -2.43. The molecule has 0 spiro atoms. The van der Waals surface area contributed by atoms with Crippen molar-refractivity contribution in [3.63, 3.8) is 0 Å². The fourth-order valence-corrected chi connectivity index (χ4v) is 3.25. The third-order valence-corrected chi connectivity index (χ3v) is 4.05. The molecule has 0 bridgehead atoms. The van der Waals surface area contributed by atoms with Crippen LogP contribution in [0, 0.1) is 5.82 Å². The van der Waals surface area contributed by atoms with Gasteiger partial charge in [-0.3, -0.25) is 0 Å². The fourth-order valence-electron chi connectivity index (χ4n) is 1.70. The fraction of sp³-hybridized carbons (Fsp3) is 0.400. The lowest BCUT2D eigenvalue weighted by Gasteiger charge is -2.33. The molecule has 0 fully saturated rings. The van der Waals surface area contributed by atoms with Gasteiger partial charge in [-0.25, -0.2) is 4.39 Å². The van der Waals surface area contributed by atoms with Crippen molar-refractivity contribution in [2.45, 2.75) is 16.9 Å². The second kappa shape index (κ2) is 3.94. The van der Waals surface area contributed by atoms with E-state index in [-0.39, 0.29) is 11.6 Å². The molecule has 5 heteroatoms. The third-order valence-electron chi connectivity index (χ3n) is 2.66. The van der Waals surface area contributed by atoms with E-state index in [1.807, 2.05) is 0 Å². The first-order valence-corrected chi connectivity index (χ1v) is 5.96. The van der Waals surface area contributed by atoms with Crippen LogP contribution in [0.5, 0.6) is 0 Å². The van der Waals surface area contributed by atoms with Crippen molar-refractivity contribution in [1.82, 2.24) is 0 Å². The third kappa shape index (κ3) is 1.76. The number of fused-ring (bicyclic) bond motifs is 1. The van der Waals surface area contributed by atoms with E-state index in [0.717, 1.165) is 0 Å². The van der Waals surface area contributed by atoms with Crippen molar-refractivity contribution < 1.29 is 9.50 Å². The van der Waals surface area contributed by atoms with Gasteiger partial charge in [-0.05, 0) is 18.1 Å². The summed E-state index contributed by atoms with van der Waals surface area (Å²) in [7, 11) is 0. The highest BCUT2D eigenvalue weighted by atomic mass is 35.5. The van der Waals surface area contributed by atoms with Crippen LogP contribution in [0.15, 0.2) is 17.0 Å². The molecule has 3 N–H and O–H groups in total. The van der Waals surface area contributed by atoms with E-state index < -0.39 is 11.4 Å². The first-order chi connectivity index (χ1) is 7.08. The molecule has 0 saturated carbocycles. The van der Waals surface area contributed by atoms with Gasteiger partial charge in [0.25, 0.3) is 0 Å². The second-order valence-electron chi connectivity index (χ2n) is 3.65. The van der Waals surface area contributed by atoms with Gasteiger partial charge in [0.2, 0.25) is 0 Å². The van der Waals surface area contributed by atoms with Crippen LogP contribution >= 0.6 is 23.4 Å². The van der Waals surface area contributed by atoms with E-state index >= 15 is 0 Å². The molecule has 2 rings (SSSR count). The van der Waals surface area contributed by atoms with E-state index in [1.165, 1.54) is 17.8 Å². The van der Waals surface area contributed by atoms with E-state index in [0.29, 0.717) is 22.6 Å². The summed E-state index contributed by atoms with van der Waals surface area (Å²) in [4.78, 5) is 0.477. The molecule has 0 saturated heterocycles. The van der Waals surface area contributed by atoms with Crippen LogP contribution in [0.25, 0.3) is 0 Å². The first-order valence-electron chi connectivity index (χ1n) is 4.59. The maximum absolute atomic E-state index is 13.7. The zero-order valence-corrected chi connectivity index (χ0v) is 9.54. The second-order valence-corrected chi connectivity index (χ2v) is 5.16. The van der Waals surface area contributed by atoms with Gasteiger partial charge in [0.05, 0.1) is 17.2 Å². The monoisotopic (exact) mass is 247 g/mol. The normalized spacial score (nSPS) is 25.1. The number of hydrogen-bond donors (Lipinski definition) is 2. The summed E-state index contributed by atoms with van der Waals surface area (Å²) < 4.78 is 13.7. The summed E-state index contributed by atoms with van der Waals surface area (Å²) in [6, 6.07) is 3.18. The molecule has 1 aromatic carbocycles. The lowest BCUT2D eigenvalue weighted by atomic mass is 9.88. The van der Waals surface area contributed by atoms with Gasteiger partial charge in [0, 0.05) is 10.6 Å². The summed E-state index contributed by atoms with van der Waals surface area (Å²) in [6.45, 7) is -0.179. The van der Waals surface area contributed by atoms with Crippen LogP contribution in [-0.4, -0.2) is 17.5 Å². The average molecular weight is 248 g/mol. The minimum atomic E-state index is -0.827. The Morgan fingerprint density at radius 2 is 2.33 bits per heavy atom. The Morgan fingerprint density at radius 3 is 3.00 bits per heavy atom. The van der Waals surface area contributed by atoms with Crippen LogP contribution in [-0.2, 0) is 5.54 Å². The molecule has 2 nitrogen and oxygen atoms in total. The van der Waals surface area contributed by atoms with Crippen LogP contribution in [0.2, 0.25) is 5.02 Å². The molecule has 1 aromatic rings. The predicted molar refractivity (Wildman–Crippen MR) is 59.7 cm³/mol. The molecule has 0 aliphatic carbocycles. The van der Waals surface area contributed by atoms with E-state index in [1.54, 1.807) is 6.07 Å². The molecule has 1 aliphatic rings. The predicted octanol–water partition coefficient (Wildman–Crippen LogP) is 2.12. The topological polar surface area (TPSA) is 46.2 Å². The van der Waals surface area contributed by atoms with Crippen molar-refractivity contribution in [2.24, 2.45) is 5.73 Å². The minimum absolute atomic E-state index is 0.100. The molecule has 0 aromatic heterocycles. The van der Waals surface area contributed by atoms with Gasteiger partial charge in [0.1, 0.15) is 0 Å². The maximum atomic E-state index is 13.7. The molecule has 1 heterocycles. The number of nitrogens with two attached hydrogens (primary N) is 1. The highest BCUT2D eigenvalue weighted by Gasteiger charge is 2.34. The Labute approximate surface area is 96.6 Å². The smallest absolute Gasteiger partial charge is 0.155 e. The zero-order chi connectivity index (χ0) is 11.1. The Hall–Kier alpha value is -0.290. The molecular formula is C10H11ClFNOS. The summed E-state index contributed by atoms with van der Waals surface area (Å²) in [5.74, 6) is 0.267. The molecular weight excluding hydrogens is 237 g/mol. The number of hydrogen-bond acceptors (Lipinski definition) is 3. The summed E-state index contributed by atoms with van der Waals surface area (Å²) in [6.07, 6.45) is 0.641. The number of aliphatic hydroxyl groups excluding tert-OH is 1. The van der Waals surface area contributed by atoms with Gasteiger partial charge in [-0.15, -0.1) is 11.8 Å². The Bertz CT molecular complexity index is 401. The van der Waals surface area contributed by atoms with Crippen LogP contribution in [0.4, 0.5) is 4.39 Å². The van der Waals surface area contributed by atoms with Gasteiger partial charge < -0.3 is 10.8 Å². The van der Waals surface area contributed by atoms with E-state index in [4.69, 9.17) is 17.3 Å². The Morgan fingerprint density at radius 1 is 1.60 bits per heavy atom. The molecule has 0 amide bonds. The summed E-state index contributed by atoms with van der Waals surface area (Å²) in [5.41, 5.74) is 5.84. The first kappa shape index (κ1) is 11.2. The quantitative estimate of drug-likeness (QED) is 0.799. The minimum Gasteiger partial charge on any atom is -0.394 e. The number of aliphatic hydroxyl groups is 1. The van der Waals surface area contributed by atoms with E-state index in [9.17, 15) is 9.50 Å². The molecule has 15 heavy (non-hydrogen) atoms. The number of thioether (sulfide) groups is 1. The van der Waals surface area contributed by atoms with Crippen molar-refractivity contribution in [3.8, 4) is 0 Å². The number of halogens is 2. The van der Waals surface area contributed by atoms with Crippen molar-refractivity contribution >= 4 is 23.4 Å². The van der Waals surface area contributed by atoms with Gasteiger partial charge in [-0.2, -0.15) is 0 Å². The number of rotatable bonds is 1. The largest absolute Gasteiger partial charge is 0.394 e. The van der Waals surface area contributed by atoms with Gasteiger partial charge >= 0.3 is 0 Å². The van der Waals surface area contributed by atoms with Gasteiger partial charge in [0.15, 0.2) is 5.82 Å². The zero-order valence-electron chi connectivity index (χ0n) is 7.96. The maximum Gasteiger partial charge on any atom is 0.155 e. The van der Waals surface area contributed by atoms with Gasteiger partial charge in [-0.1, -0.05) is 17.7 Å². The van der Waals surface area contributed by atoms with E-state index in [2.05, 4.69) is 0 Å². The van der Waals surface area contributed by atoms with Crippen molar-refractivity contribution in [1.29, 1.82) is 0 Å². The lowest BCUT2D eigenvalue weighted by molar-refractivity contribution is 0.189. The average Bonchev–Trinajstić information content (AvgIpc) is 2.24. The SMILES string of the molecule is NC1(CO)CCSc2c1ccc(Cl)c2F. The van der Waals surface area contributed by atoms with Crippen LogP contribution in [0.3, 0.4) is 0 Å². The van der Waals surface area contributed by atoms with Crippen LogP contribution in [0.1, 0.15) is 12.0 Å². The van der Waals surface area contributed by atoms with Crippen LogP contribution < -0.4 is 5.73 Å². The Balaban J connectivity index is 2.59. The summed E-state index contributed by atoms with van der Waals surface area (Å²) >= 11 is 7.09. The molecule has 0 radical (unpaired) electrons. The molecule has 1 aliphatic heterocycles. The molecule has 1 atom stereocenters. The molecule has 1 unspecified atom stereocenters. The Kier molecular flexibility index (Phi) is 2.94. The summed E-state index contributed by atoms with van der Waals surface area (Å²) in [5, 5.41) is 9.37. The highest BCUT2D eigenvalue weighted by molar-refractivity contribution is 7.99. The van der Waals surface area contributed by atoms with Crippen molar-refractivity contribution in [3.05, 3.63) is 28.5 Å². The highest BCUT2D eigenvalue weighted by Crippen LogP contribution is 2.41.